The molecule has 0 aliphatic rings. The zero-order valence-electron chi connectivity index (χ0n) is 10.8. The minimum Gasteiger partial charge on any atom is -0.488 e. The molecule has 0 aliphatic heterocycles. The van der Waals surface area contributed by atoms with E-state index in [9.17, 15) is 0 Å². The highest BCUT2D eigenvalue weighted by Gasteiger charge is 2.00. The maximum Gasteiger partial charge on any atom is 0.127 e. The van der Waals surface area contributed by atoms with Gasteiger partial charge in [-0.1, -0.05) is 60.7 Å². The quantitative estimate of drug-likeness (QED) is 0.852. The van der Waals surface area contributed by atoms with Gasteiger partial charge in [0.1, 0.15) is 12.4 Å². The van der Waals surface area contributed by atoms with Gasteiger partial charge in [0.05, 0.1) is 0 Å². The third-order valence-corrected chi connectivity index (χ3v) is 2.75. The largest absolute Gasteiger partial charge is 0.488 e. The van der Waals surface area contributed by atoms with E-state index in [1.165, 1.54) is 0 Å². The van der Waals surface area contributed by atoms with Gasteiger partial charge in [0.2, 0.25) is 0 Å². The van der Waals surface area contributed by atoms with E-state index in [1.54, 1.807) is 0 Å². The van der Waals surface area contributed by atoms with Gasteiger partial charge in [0.15, 0.2) is 0 Å². The van der Waals surface area contributed by atoms with Crippen LogP contribution in [-0.4, -0.2) is 11.7 Å². The van der Waals surface area contributed by atoms with Crippen molar-refractivity contribution in [2.24, 2.45) is 0 Å². The van der Waals surface area contributed by atoms with Crippen LogP contribution < -0.4 is 4.74 Å². The second kappa shape index (κ2) is 7.39. The highest BCUT2D eigenvalue weighted by molar-refractivity contribution is 5.57. The van der Waals surface area contributed by atoms with Crippen LogP contribution in [0, 0.1) is 0 Å². The molecule has 0 unspecified atom stereocenters. The van der Waals surface area contributed by atoms with Gasteiger partial charge < -0.3 is 9.84 Å². The molecule has 0 amide bonds. The lowest BCUT2D eigenvalue weighted by atomic mass is 10.1. The minimum atomic E-state index is 0.170. The van der Waals surface area contributed by atoms with Crippen molar-refractivity contribution in [2.75, 3.05) is 6.61 Å². The van der Waals surface area contributed by atoms with E-state index in [-0.39, 0.29) is 6.61 Å². The summed E-state index contributed by atoms with van der Waals surface area (Å²) in [6.07, 6.45) is 4.59. The third kappa shape index (κ3) is 4.27. The Morgan fingerprint density at radius 1 is 0.947 bits per heavy atom. The molecule has 0 radical (unpaired) electrons. The van der Waals surface area contributed by atoms with Crippen LogP contribution in [0.2, 0.25) is 0 Å². The molecule has 0 fully saturated rings. The zero-order valence-corrected chi connectivity index (χ0v) is 10.8. The van der Waals surface area contributed by atoms with Crippen LogP contribution in [-0.2, 0) is 6.61 Å². The van der Waals surface area contributed by atoms with Crippen LogP contribution in [0.3, 0.4) is 0 Å². The first-order valence-electron chi connectivity index (χ1n) is 6.43. The number of aliphatic hydroxyl groups excluding tert-OH is 1. The first-order chi connectivity index (χ1) is 9.40. The summed E-state index contributed by atoms with van der Waals surface area (Å²) in [6, 6.07) is 18.0. The smallest absolute Gasteiger partial charge is 0.127 e. The molecule has 19 heavy (non-hydrogen) atoms. The van der Waals surface area contributed by atoms with Gasteiger partial charge in [-0.15, -0.1) is 0 Å². The molecule has 2 aromatic rings. The summed E-state index contributed by atoms with van der Waals surface area (Å²) in [5.41, 5.74) is 2.18. The van der Waals surface area contributed by atoms with Crippen molar-refractivity contribution >= 4 is 6.08 Å². The van der Waals surface area contributed by atoms with Gasteiger partial charge in [-0.2, -0.15) is 0 Å². The summed E-state index contributed by atoms with van der Waals surface area (Å²) >= 11 is 0. The molecule has 2 heteroatoms. The van der Waals surface area contributed by atoms with Crippen molar-refractivity contribution in [3.05, 3.63) is 71.8 Å². The Morgan fingerprint density at radius 2 is 1.68 bits per heavy atom. The van der Waals surface area contributed by atoms with Crippen molar-refractivity contribution in [3.63, 3.8) is 0 Å². The van der Waals surface area contributed by atoms with Gasteiger partial charge >= 0.3 is 0 Å². The molecule has 0 atom stereocenters. The Bertz CT molecular complexity index is 518. The summed E-state index contributed by atoms with van der Waals surface area (Å²) in [7, 11) is 0. The molecule has 0 aromatic heterocycles. The predicted molar refractivity (Wildman–Crippen MR) is 78.0 cm³/mol. The highest BCUT2D eigenvalue weighted by Crippen LogP contribution is 2.20. The molecule has 2 aromatic carbocycles. The molecule has 0 bridgehead atoms. The first-order valence-corrected chi connectivity index (χ1v) is 6.43. The number of aliphatic hydroxyl groups is 1. The second-order valence-corrected chi connectivity index (χ2v) is 4.23. The van der Waals surface area contributed by atoms with Crippen LogP contribution in [0.15, 0.2) is 60.7 Å². The van der Waals surface area contributed by atoms with E-state index in [2.05, 4.69) is 0 Å². The lowest BCUT2D eigenvalue weighted by Gasteiger charge is -2.09. The number of hydrogen-bond donors (Lipinski definition) is 1. The fraction of sp³-hybridized carbons (Fsp3) is 0.176. The van der Waals surface area contributed by atoms with E-state index in [1.807, 2.05) is 66.7 Å². The van der Waals surface area contributed by atoms with Crippen molar-refractivity contribution in [1.82, 2.24) is 0 Å². The Kier molecular flexibility index (Phi) is 5.20. The van der Waals surface area contributed by atoms with Gasteiger partial charge in [0, 0.05) is 12.2 Å². The SMILES string of the molecule is OCC/C=C/c1ccccc1OCc1ccccc1. The van der Waals surface area contributed by atoms with Crippen molar-refractivity contribution in [1.29, 1.82) is 0 Å². The average molecular weight is 254 g/mol. The van der Waals surface area contributed by atoms with Crippen LogP contribution in [0.4, 0.5) is 0 Å². The molecule has 0 aliphatic carbocycles. The highest BCUT2D eigenvalue weighted by atomic mass is 16.5. The van der Waals surface area contributed by atoms with Gasteiger partial charge in [-0.05, 0) is 18.1 Å². The topological polar surface area (TPSA) is 29.5 Å². The number of rotatable bonds is 6. The summed E-state index contributed by atoms with van der Waals surface area (Å²) in [5, 5.41) is 8.78. The Hall–Kier alpha value is -2.06. The molecule has 0 spiro atoms. The Labute approximate surface area is 114 Å². The first kappa shape index (κ1) is 13.4. The van der Waals surface area contributed by atoms with E-state index in [0.717, 1.165) is 16.9 Å². The predicted octanol–water partition coefficient (Wildman–Crippen LogP) is 3.66. The third-order valence-electron chi connectivity index (χ3n) is 2.75. The molecular weight excluding hydrogens is 236 g/mol. The Morgan fingerprint density at radius 3 is 2.47 bits per heavy atom. The van der Waals surface area contributed by atoms with E-state index >= 15 is 0 Å². The van der Waals surface area contributed by atoms with Crippen LogP contribution >= 0.6 is 0 Å². The Balaban J connectivity index is 2.03. The van der Waals surface area contributed by atoms with Crippen molar-refractivity contribution in [3.8, 4) is 5.75 Å². The molecule has 2 nitrogen and oxygen atoms in total. The lowest BCUT2D eigenvalue weighted by molar-refractivity contribution is 0.302. The number of benzene rings is 2. The monoisotopic (exact) mass is 254 g/mol. The summed E-state index contributed by atoms with van der Waals surface area (Å²) in [5.74, 6) is 0.862. The van der Waals surface area contributed by atoms with Crippen LogP contribution in [0.1, 0.15) is 17.5 Å². The van der Waals surface area contributed by atoms with Crippen molar-refractivity contribution in [2.45, 2.75) is 13.0 Å². The summed E-state index contributed by atoms with van der Waals surface area (Å²) in [6.45, 7) is 0.731. The average Bonchev–Trinajstić information content (AvgIpc) is 2.48. The van der Waals surface area contributed by atoms with Crippen LogP contribution in [0.25, 0.3) is 6.08 Å². The summed E-state index contributed by atoms with van der Waals surface area (Å²) < 4.78 is 5.84. The molecule has 0 heterocycles. The number of hydrogen-bond acceptors (Lipinski definition) is 2. The van der Waals surface area contributed by atoms with E-state index in [0.29, 0.717) is 13.0 Å². The standard InChI is InChI=1S/C17H18O2/c18-13-7-6-11-16-10-4-5-12-17(16)19-14-15-8-2-1-3-9-15/h1-6,8-12,18H,7,13-14H2/b11-6+. The van der Waals surface area contributed by atoms with Crippen molar-refractivity contribution < 1.29 is 9.84 Å². The molecule has 2 rings (SSSR count). The number of ether oxygens (including phenoxy) is 1. The van der Waals surface area contributed by atoms with E-state index < -0.39 is 0 Å². The molecular formula is C17H18O2. The maximum absolute atomic E-state index is 8.78. The summed E-state index contributed by atoms with van der Waals surface area (Å²) in [4.78, 5) is 0. The minimum absolute atomic E-state index is 0.170. The van der Waals surface area contributed by atoms with Gasteiger partial charge in [0.25, 0.3) is 0 Å². The fourth-order valence-corrected chi connectivity index (χ4v) is 1.77. The maximum atomic E-state index is 8.78. The molecule has 98 valence electrons. The molecule has 0 saturated carbocycles. The lowest BCUT2D eigenvalue weighted by Crippen LogP contribution is -1.96. The molecule has 1 N–H and O–H groups in total. The van der Waals surface area contributed by atoms with Gasteiger partial charge in [-0.3, -0.25) is 0 Å². The number of para-hydroxylation sites is 1. The fourth-order valence-electron chi connectivity index (χ4n) is 1.77. The second-order valence-electron chi connectivity index (χ2n) is 4.23. The normalized spacial score (nSPS) is 10.8. The zero-order chi connectivity index (χ0) is 13.3. The van der Waals surface area contributed by atoms with E-state index in [4.69, 9.17) is 9.84 Å². The molecule has 0 saturated heterocycles. The van der Waals surface area contributed by atoms with Gasteiger partial charge in [-0.25, -0.2) is 0 Å². The van der Waals surface area contributed by atoms with Crippen LogP contribution in [0.5, 0.6) is 5.75 Å².